The average molecular weight is 212 g/mol. The second-order valence-corrected chi connectivity index (χ2v) is 4.37. The minimum atomic E-state index is -3.73. The van der Waals surface area contributed by atoms with Crippen LogP contribution in [-0.4, -0.2) is 15.5 Å². The third-order valence-electron chi connectivity index (χ3n) is 1.87. The van der Waals surface area contributed by atoms with Crippen LogP contribution in [0.4, 0.5) is 0 Å². The maximum atomic E-state index is 11.3. The lowest BCUT2D eigenvalue weighted by Crippen LogP contribution is -2.00. The summed E-state index contributed by atoms with van der Waals surface area (Å²) in [6, 6.07) is 8.49. The van der Waals surface area contributed by atoms with E-state index in [4.69, 9.17) is 4.42 Å². The van der Waals surface area contributed by atoms with Gasteiger partial charge in [-0.05, 0) is 6.07 Å². The summed E-state index contributed by atoms with van der Waals surface area (Å²) in [6.07, 6.45) is 0. The number of hydrogen-bond donors (Lipinski definition) is 0. The van der Waals surface area contributed by atoms with Crippen molar-refractivity contribution in [2.24, 2.45) is 0 Å². The van der Waals surface area contributed by atoms with E-state index >= 15 is 0 Å². The number of fused-ring (bicyclic) bond motifs is 1. The van der Waals surface area contributed by atoms with Crippen molar-refractivity contribution in [3.8, 4) is 0 Å². The van der Waals surface area contributed by atoms with Gasteiger partial charge >= 0.3 is 10.1 Å². The minimum absolute atomic E-state index is 0.166. The molecule has 0 spiro atoms. The molecule has 74 valence electrons. The Labute approximate surface area is 81.2 Å². The predicted molar refractivity (Wildman–Crippen MR) is 50.4 cm³/mol. The molecule has 14 heavy (non-hydrogen) atoms. The van der Waals surface area contributed by atoms with Gasteiger partial charge in [0.25, 0.3) is 0 Å². The van der Waals surface area contributed by atoms with Gasteiger partial charge in [-0.15, -0.1) is 0 Å². The third-order valence-corrected chi connectivity index (χ3v) is 3.00. The molecule has 0 aliphatic heterocycles. The van der Waals surface area contributed by atoms with E-state index < -0.39 is 10.1 Å². The fourth-order valence-electron chi connectivity index (χ4n) is 1.16. The number of rotatable bonds is 2. The van der Waals surface area contributed by atoms with Crippen LogP contribution in [-0.2, 0) is 14.3 Å². The van der Waals surface area contributed by atoms with Crippen LogP contribution in [0.15, 0.2) is 39.8 Å². The van der Waals surface area contributed by atoms with Crippen LogP contribution in [0, 0.1) is 0 Å². The van der Waals surface area contributed by atoms with Crippen molar-refractivity contribution in [3.63, 3.8) is 0 Å². The lowest BCUT2D eigenvalue weighted by Gasteiger charge is -1.93. The zero-order chi connectivity index (χ0) is 10.2. The average Bonchev–Trinajstić information content (AvgIpc) is 2.61. The van der Waals surface area contributed by atoms with Gasteiger partial charge in [-0.25, -0.2) is 0 Å². The molecule has 0 saturated heterocycles. The van der Waals surface area contributed by atoms with Gasteiger partial charge in [-0.1, -0.05) is 18.2 Å². The second-order valence-electron chi connectivity index (χ2n) is 2.72. The van der Waals surface area contributed by atoms with E-state index in [0.29, 0.717) is 5.58 Å². The van der Waals surface area contributed by atoms with Crippen molar-refractivity contribution in [3.05, 3.63) is 30.3 Å². The van der Waals surface area contributed by atoms with Crippen LogP contribution in [0.2, 0.25) is 0 Å². The first kappa shape index (κ1) is 9.23. The van der Waals surface area contributed by atoms with Gasteiger partial charge in [0, 0.05) is 11.5 Å². The molecule has 1 aromatic carbocycles. The number of benzene rings is 1. The van der Waals surface area contributed by atoms with Gasteiger partial charge < -0.3 is 4.42 Å². The summed E-state index contributed by atoms with van der Waals surface area (Å²) in [7, 11) is -2.63. The summed E-state index contributed by atoms with van der Waals surface area (Å²) in [5, 5.41) is 0.573. The molecule has 1 heterocycles. The molecule has 0 aliphatic rings. The van der Waals surface area contributed by atoms with Crippen LogP contribution >= 0.6 is 0 Å². The normalized spacial score (nSPS) is 12.1. The highest BCUT2D eigenvalue weighted by molar-refractivity contribution is 7.86. The van der Waals surface area contributed by atoms with E-state index in [0.717, 1.165) is 12.5 Å². The van der Waals surface area contributed by atoms with E-state index in [1.165, 1.54) is 6.07 Å². The van der Waals surface area contributed by atoms with Crippen molar-refractivity contribution in [2.45, 2.75) is 5.09 Å². The molecule has 0 atom stereocenters. The Morgan fingerprint density at radius 1 is 1.29 bits per heavy atom. The number of hydrogen-bond acceptors (Lipinski definition) is 4. The molecule has 1 aromatic heterocycles. The molecule has 0 bridgehead atoms. The lowest BCUT2D eigenvalue weighted by atomic mass is 10.3. The fraction of sp³-hybridized carbons (Fsp3) is 0.111. The molecule has 5 heteroatoms. The van der Waals surface area contributed by atoms with Crippen LogP contribution in [0.3, 0.4) is 0 Å². The van der Waals surface area contributed by atoms with E-state index in [1.54, 1.807) is 24.3 Å². The first-order valence-electron chi connectivity index (χ1n) is 3.93. The molecule has 0 amide bonds. The van der Waals surface area contributed by atoms with Crippen LogP contribution < -0.4 is 0 Å². The van der Waals surface area contributed by atoms with Crippen molar-refractivity contribution in [1.29, 1.82) is 0 Å². The Hall–Kier alpha value is -1.33. The molecule has 2 rings (SSSR count). The summed E-state index contributed by atoms with van der Waals surface area (Å²) in [5.74, 6) is 0. The van der Waals surface area contributed by atoms with Crippen LogP contribution in [0.5, 0.6) is 0 Å². The molecule has 0 radical (unpaired) electrons. The van der Waals surface area contributed by atoms with Crippen molar-refractivity contribution < 1.29 is 17.0 Å². The molecule has 0 fully saturated rings. The smallest absolute Gasteiger partial charge is 0.330 e. The molecule has 0 saturated carbocycles. The molecule has 4 nitrogen and oxygen atoms in total. The highest BCUT2D eigenvalue weighted by Crippen LogP contribution is 2.23. The van der Waals surface area contributed by atoms with Gasteiger partial charge in [0.15, 0.2) is 0 Å². The summed E-state index contributed by atoms with van der Waals surface area (Å²) >= 11 is 0. The van der Waals surface area contributed by atoms with Crippen molar-refractivity contribution in [1.82, 2.24) is 0 Å². The summed E-state index contributed by atoms with van der Waals surface area (Å²) in [5.41, 5.74) is 0.531. The largest absolute Gasteiger partial charge is 0.442 e. The summed E-state index contributed by atoms with van der Waals surface area (Å²) < 4.78 is 32.0. The molecule has 0 unspecified atom stereocenters. The predicted octanol–water partition coefficient (Wildman–Crippen LogP) is 1.77. The van der Waals surface area contributed by atoms with E-state index in [-0.39, 0.29) is 5.09 Å². The second kappa shape index (κ2) is 3.11. The molecule has 0 N–H and O–H groups in total. The monoisotopic (exact) mass is 212 g/mol. The standard InChI is InChI=1S/C9H8O4S/c1-12-14(10,11)9-6-7-4-2-3-5-8(7)13-9/h2-6H,1H3. The van der Waals surface area contributed by atoms with E-state index in [9.17, 15) is 8.42 Å². The van der Waals surface area contributed by atoms with E-state index in [1.807, 2.05) is 0 Å². The van der Waals surface area contributed by atoms with Gasteiger partial charge in [-0.2, -0.15) is 8.42 Å². The molecule has 2 aromatic rings. The van der Waals surface area contributed by atoms with Gasteiger partial charge in [0.2, 0.25) is 5.09 Å². The molecular formula is C9H8O4S. The Balaban J connectivity index is 2.67. The van der Waals surface area contributed by atoms with Crippen LogP contribution in [0.1, 0.15) is 0 Å². The first-order valence-corrected chi connectivity index (χ1v) is 5.33. The molecular weight excluding hydrogens is 204 g/mol. The van der Waals surface area contributed by atoms with Gasteiger partial charge in [0.05, 0.1) is 7.11 Å². The summed E-state index contributed by atoms with van der Waals surface area (Å²) in [4.78, 5) is 0. The highest BCUT2D eigenvalue weighted by Gasteiger charge is 2.18. The zero-order valence-corrected chi connectivity index (χ0v) is 8.24. The van der Waals surface area contributed by atoms with Crippen molar-refractivity contribution >= 4 is 21.1 Å². The Bertz CT molecular complexity index is 520. The quantitative estimate of drug-likeness (QED) is 0.712. The van der Waals surface area contributed by atoms with Gasteiger partial charge in [0.1, 0.15) is 5.58 Å². The van der Waals surface area contributed by atoms with E-state index in [2.05, 4.69) is 4.18 Å². The minimum Gasteiger partial charge on any atom is -0.442 e. The van der Waals surface area contributed by atoms with Crippen LogP contribution in [0.25, 0.3) is 11.0 Å². The third kappa shape index (κ3) is 1.40. The SMILES string of the molecule is COS(=O)(=O)c1cc2ccccc2o1. The maximum Gasteiger partial charge on any atom is 0.330 e. The zero-order valence-electron chi connectivity index (χ0n) is 7.43. The molecule has 0 aliphatic carbocycles. The maximum absolute atomic E-state index is 11.3. The Morgan fingerprint density at radius 2 is 2.00 bits per heavy atom. The lowest BCUT2D eigenvalue weighted by molar-refractivity contribution is 0.369. The number of furan rings is 1. The first-order chi connectivity index (χ1) is 6.63. The van der Waals surface area contributed by atoms with Crippen molar-refractivity contribution in [2.75, 3.05) is 7.11 Å². The highest BCUT2D eigenvalue weighted by atomic mass is 32.2. The Morgan fingerprint density at radius 3 is 2.64 bits per heavy atom. The topological polar surface area (TPSA) is 56.5 Å². The Kier molecular flexibility index (Phi) is 2.05. The summed E-state index contributed by atoms with van der Waals surface area (Å²) in [6.45, 7) is 0. The van der Waals surface area contributed by atoms with Gasteiger partial charge in [-0.3, -0.25) is 4.18 Å². The number of para-hydroxylation sites is 1. The fourth-order valence-corrected chi connectivity index (χ4v) is 1.79.